The first-order valence-electron chi connectivity index (χ1n) is 6.12. The summed E-state index contributed by atoms with van der Waals surface area (Å²) in [4.78, 5) is 13.0. The molecule has 0 radical (unpaired) electrons. The van der Waals surface area contributed by atoms with Crippen LogP contribution in [0.1, 0.15) is 35.8 Å². The minimum atomic E-state index is -0.357. The average molecular weight is 264 g/mol. The number of anilines is 1. The van der Waals surface area contributed by atoms with Gasteiger partial charge in [0.05, 0.1) is 5.56 Å². The summed E-state index contributed by atoms with van der Waals surface area (Å²) < 4.78 is 5.33. The SMILES string of the molecule is CCc1c(C)sc(NC(=O)[C@H]2CCCO2)c1C#N. The van der Waals surface area contributed by atoms with Crippen LogP contribution in [-0.4, -0.2) is 18.6 Å². The second kappa shape index (κ2) is 5.51. The lowest BCUT2D eigenvalue weighted by Crippen LogP contribution is -2.26. The maximum absolute atomic E-state index is 12.0. The van der Waals surface area contributed by atoms with Crippen LogP contribution in [-0.2, 0) is 16.0 Å². The smallest absolute Gasteiger partial charge is 0.254 e. The van der Waals surface area contributed by atoms with E-state index in [4.69, 9.17) is 4.74 Å². The molecule has 96 valence electrons. The minimum absolute atomic E-state index is 0.132. The summed E-state index contributed by atoms with van der Waals surface area (Å²) in [6.07, 6.45) is 2.14. The van der Waals surface area contributed by atoms with E-state index in [2.05, 4.69) is 11.4 Å². The highest BCUT2D eigenvalue weighted by Gasteiger charge is 2.25. The third-order valence-corrected chi connectivity index (χ3v) is 4.20. The van der Waals surface area contributed by atoms with Crippen molar-refractivity contribution in [1.82, 2.24) is 0 Å². The Kier molecular flexibility index (Phi) is 4.00. The van der Waals surface area contributed by atoms with Gasteiger partial charge in [0.15, 0.2) is 0 Å². The molecule has 2 rings (SSSR count). The summed E-state index contributed by atoms with van der Waals surface area (Å²) in [5.41, 5.74) is 1.64. The number of thiophene rings is 1. The number of nitriles is 1. The van der Waals surface area contributed by atoms with E-state index in [9.17, 15) is 10.1 Å². The molecule has 0 spiro atoms. The molecule has 0 bridgehead atoms. The van der Waals surface area contributed by atoms with Gasteiger partial charge in [-0.15, -0.1) is 11.3 Å². The molecule has 1 aromatic heterocycles. The standard InChI is InChI=1S/C13H16N2O2S/c1-3-9-8(2)18-13(10(9)7-14)15-12(16)11-5-4-6-17-11/h11H,3-6H2,1-2H3,(H,15,16)/t11-/m1/s1. The second-order valence-electron chi connectivity index (χ2n) is 4.30. The number of carbonyl (C=O) groups is 1. The minimum Gasteiger partial charge on any atom is -0.368 e. The molecule has 1 atom stereocenters. The van der Waals surface area contributed by atoms with Gasteiger partial charge in [0.1, 0.15) is 17.2 Å². The molecule has 0 aromatic carbocycles. The normalized spacial score (nSPS) is 18.6. The van der Waals surface area contributed by atoms with Gasteiger partial charge in [0, 0.05) is 11.5 Å². The molecule has 1 saturated heterocycles. The molecule has 1 fully saturated rings. The molecular formula is C13H16N2O2S. The monoisotopic (exact) mass is 264 g/mol. The lowest BCUT2D eigenvalue weighted by Gasteiger charge is -2.09. The summed E-state index contributed by atoms with van der Waals surface area (Å²) in [6.45, 7) is 4.64. The molecule has 4 nitrogen and oxygen atoms in total. The first-order valence-corrected chi connectivity index (χ1v) is 6.93. The van der Waals surface area contributed by atoms with E-state index < -0.39 is 0 Å². The fourth-order valence-electron chi connectivity index (χ4n) is 2.19. The van der Waals surface area contributed by atoms with Crippen LogP contribution in [0, 0.1) is 18.3 Å². The third kappa shape index (κ3) is 2.40. The molecule has 1 amide bonds. The van der Waals surface area contributed by atoms with Crippen molar-refractivity contribution >= 4 is 22.2 Å². The number of nitrogens with one attached hydrogen (secondary N) is 1. The van der Waals surface area contributed by atoms with Crippen molar-refractivity contribution < 1.29 is 9.53 Å². The Bertz CT molecular complexity index is 496. The van der Waals surface area contributed by atoms with Crippen LogP contribution in [0.3, 0.4) is 0 Å². The maximum Gasteiger partial charge on any atom is 0.254 e. The van der Waals surface area contributed by atoms with E-state index in [0.717, 1.165) is 29.7 Å². The van der Waals surface area contributed by atoms with Gasteiger partial charge < -0.3 is 10.1 Å². The molecule has 0 aliphatic carbocycles. The second-order valence-corrected chi connectivity index (χ2v) is 5.52. The zero-order chi connectivity index (χ0) is 13.1. The molecule has 18 heavy (non-hydrogen) atoms. The van der Waals surface area contributed by atoms with Gasteiger partial charge in [-0.25, -0.2) is 0 Å². The molecule has 5 heteroatoms. The van der Waals surface area contributed by atoms with E-state index in [1.165, 1.54) is 11.3 Å². The van der Waals surface area contributed by atoms with Gasteiger partial charge in [-0.3, -0.25) is 4.79 Å². The first kappa shape index (κ1) is 13.1. The lowest BCUT2D eigenvalue weighted by molar-refractivity contribution is -0.124. The number of hydrogen-bond acceptors (Lipinski definition) is 4. The maximum atomic E-state index is 12.0. The van der Waals surface area contributed by atoms with E-state index in [-0.39, 0.29) is 12.0 Å². The number of carbonyl (C=O) groups excluding carboxylic acids is 1. The molecule has 1 aliphatic heterocycles. The van der Waals surface area contributed by atoms with Gasteiger partial charge in [-0.1, -0.05) is 6.92 Å². The largest absolute Gasteiger partial charge is 0.368 e. The van der Waals surface area contributed by atoms with Crippen LogP contribution in [0.15, 0.2) is 0 Å². The summed E-state index contributed by atoms with van der Waals surface area (Å²) in [7, 11) is 0. The summed E-state index contributed by atoms with van der Waals surface area (Å²) >= 11 is 1.47. The van der Waals surface area contributed by atoms with Gasteiger partial charge >= 0.3 is 0 Å². The van der Waals surface area contributed by atoms with Gasteiger partial charge in [-0.05, 0) is 31.7 Å². The van der Waals surface area contributed by atoms with E-state index in [0.29, 0.717) is 17.2 Å². The zero-order valence-electron chi connectivity index (χ0n) is 10.6. The molecule has 1 N–H and O–H groups in total. The van der Waals surface area contributed by atoms with Crippen LogP contribution in [0.4, 0.5) is 5.00 Å². The Hall–Kier alpha value is -1.38. The van der Waals surface area contributed by atoms with Gasteiger partial charge in [-0.2, -0.15) is 5.26 Å². The number of aryl methyl sites for hydroxylation is 1. The van der Waals surface area contributed by atoms with E-state index in [1.807, 2.05) is 13.8 Å². The highest BCUT2D eigenvalue weighted by Crippen LogP contribution is 2.33. The van der Waals surface area contributed by atoms with Crippen molar-refractivity contribution in [1.29, 1.82) is 5.26 Å². The van der Waals surface area contributed by atoms with Crippen molar-refractivity contribution in [2.24, 2.45) is 0 Å². The molecular weight excluding hydrogens is 248 g/mol. The first-order chi connectivity index (χ1) is 8.67. The fraction of sp³-hybridized carbons (Fsp3) is 0.538. The Balaban J connectivity index is 2.19. The quantitative estimate of drug-likeness (QED) is 0.912. The summed E-state index contributed by atoms with van der Waals surface area (Å²) in [5.74, 6) is -0.132. The van der Waals surface area contributed by atoms with Crippen molar-refractivity contribution in [2.45, 2.75) is 39.2 Å². The number of ether oxygens (including phenoxy) is 1. The van der Waals surface area contributed by atoms with Crippen molar-refractivity contribution in [3.05, 3.63) is 16.0 Å². The molecule has 2 heterocycles. The van der Waals surface area contributed by atoms with Crippen LogP contribution in [0.5, 0.6) is 0 Å². The predicted molar refractivity (Wildman–Crippen MR) is 70.8 cm³/mol. The van der Waals surface area contributed by atoms with Crippen molar-refractivity contribution in [3.63, 3.8) is 0 Å². The van der Waals surface area contributed by atoms with Crippen molar-refractivity contribution in [2.75, 3.05) is 11.9 Å². The summed E-state index contributed by atoms with van der Waals surface area (Å²) in [5, 5.41) is 12.7. The number of hydrogen-bond donors (Lipinski definition) is 1. The summed E-state index contributed by atoms with van der Waals surface area (Å²) in [6, 6.07) is 2.19. The number of nitrogens with zero attached hydrogens (tertiary/aromatic N) is 1. The molecule has 0 unspecified atom stereocenters. The Morgan fingerprint density at radius 3 is 3.00 bits per heavy atom. The lowest BCUT2D eigenvalue weighted by atomic mass is 10.1. The van der Waals surface area contributed by atoms with Crippen LogP contribution in [0.25, 0.3) is 0 Å². The molecule has 1 aromatic rings. The fourth-order valence-corrected chi connectivity index (χ4v) is 3.29. The van der Waals surface area contributed by atoms with Crippen molar-refractivity contribution in [3.8, 4) is 6.07 Å². The van der Waals surface area contributed by atoms with E-state index in [1.54, 1.807) is 0 Å². The average Bonchev–Trinajstić information content (AvgIpc) is 2.96. The number of rotatable bonds is 3. The Labute approximate surface area is 111 Å². The predicted octanol–water partition coefficient (Wildman–Crippen LogP) is 2.61. The third-order valence-electron chi connectivity index (χ3n) is 3.13. The topological polar surface area (TPSA) is 62.1 Å². The zero-order valence-corrected chi connectivity index (χ0v) is 11.4. The highest BCUT2D eigenvalue weighted by atomic mass is 32.1. The highest BCUT2D eigenvalue weighted by molar-refractivity contribution is 7.16. The Morgan fingerprint density at radius 1 is 1.67 bits per heavy atom. The van der Waals surface area contributed by atoms with E-state index >= 15 is 0 Å². The van der Waals surface area contributed by atoms with Crippen LogP contribution < -0.4 is 5.32 Å². The molecule has 1 aliphatic rings. The molecule has 0 saturated carbocycles. The van der Waals surface area contributed by atoms with Gasteiger partial charge in [0.2, 0.25) is 0 Å². The van der Waals surface area contributed by atoms with Crippen LogP contribution in [0.2, 0.25) is 0 Å². The number of amides is 1. The van der Waals surface area contributed by atoms with Crippen LogP contribution >= 0.6 is 11.3 Å². The Morgan fingerprint density at radius 2 is 2.44 bits per heavy atom. The van der Waals surface area contributed by atoms with Gasteiger partial charge in [0.25, 0.3) is 5.91 Å².